The quantitative estimate of drug-likeness (QED) is 0.781. The van der Waals surface area contributed by atoms with Gasteiger partial charge in [-0.2, -0.15) is 0 Å². The Morgan fingerprint density at radius 1 is 1.14 bits per heavy atom. The van der Waals surface area contributed by atoms with E-state index in [0.29, 0.717) is 11.5 Å². The summed E-state index contributed by atoms with van der Waals surface area (Å²) < 4.78 is 4.91. The Hall–Kier alpha value is -1.82. The number of hydrogen-bond acceptors (Lipinski definition) is 5. The second-order valence-corrected chi connectivity index (χ2v) is 9.67. The third-order valence-corrected chi connectivity index (χ3v) is 8.09. The van der Waals surface area contributed by atoms with Gasteiger partial charge in [0.15, 0.2) is 0 Å². The van der Waals surface area contributed by atoms with Crippen LogP contribution in [-0.4, -0.2) is 72.8 Å². The summed E-state index contributed by atoms with van der Waals surface area (Å²) in [4.78, 5) is 23.6. The van der Waals surface area contributed by atoms with Gasteiger partial charge in [-0.15, -0.1) is 0 Å². The van der Waals surface area contributed by atoms with Crippen LogP contribution in [0.25, 0.3) is 0 Å². The second-order valence-electron chi connectivity index (χ2n) is 9.67. The molecule has 158 valence electrons. The van der Waals surface area contributed by atoms with Gasteiger partial charge in [0.05, 0.1) is 7.11 Å². The molecule has 0 unspecified atom stereocenters. The van der Waals surface area contributed by atoms with Crippen LogP contribution in [0, 0.1) is 11.3 Å². The highest BCUT2D eigenvalue weighted by Crippen LogP contribution is 2.51. The molecule has 0 N–H and O–H groups in total. The van der Waals surface area contributed by atoms with Crippen molar-refractivity contribution in [3.8, 4) is 0 Å². The van der Waals surface area contributed by atoms with E-state index in [0.717, 1.165) is 43.8 Å². The molecular formula is C23H34N4O2. The van der Waals surface area contributed by atoms with E-state index in [1.54, 1.807) is 0 Å². The molecule has 4 fully saturated rings. The van der Waals surface area contributed by atoms with Gasteiger partial charge >= 0.3 is 6.09 Å². The number of hydrogen-bond donors (Lipinski definition) is 0. The molecule has 1 spiro atoms. The van der Waals surface area contributed by atoms with Gasteiger partial charge in [0, 0.05) is 37.9 Å². The number of amides is 1. The zero-order valence-electron chi connectivity index (χ0n) is 17.6. The molecule has 0 aromatic carbocycles. The number of carbonyl (C=O) groups excluding carboxylic acids is 1. The Kier molecular flexibility index (Phi) is 5.14. The molecule has 5 rings (SSSR count). The third-order valence-electron chi connectivity index (χ3n) is 8.09. The molecule has 4 aliphatic rings. The van der Waals surface area contributed by atoms with Crippen molar-refractivity contribution in [1.29, 1.82) is 0 Å². The molecule has 1 saturated carbocycles. The fourth-order valence-corrected chi connectivity index (χ4v) is 6.51. The van der Waals surface area contributed by atoms with Gasteiger partial charge in [-0.05, 0) is 81.5 Å². The number of carbonyl (C=O) groups is 1. The zero-order valence-corrected chi connectivity index (χ0v) is 17.6. The Morgan fingerprint density at radius 3 is 2.69 bits per heavy atom. The molecule has 3 saturated heterocycles. The molecule has 4 heterocycles. The predicted molar refractivity (Wildman–Crippen MR) is 113 cm³/mol. The van der Waals surface area contributed by atoms with Crippen molar-refractivity contribution in [2.24, 2.45) is 11.3 Å². The monoisotopic (exact) mass is 398 g/mol. The lowest BCUT2D eigenvalue weighted by Crippen LogP contribution is -2.55. The Labute approximate surface area is 174 Å². The lowest BCUT2D eigenvalue weighted by Gasteiger charge is -2.52. The summed E-state index contributed by atoms with van der Waals surface area (Å²) in [5, 5.41) is 0. The minimum Gasteiger partial charge on any atom is -0.453 e. The number of ether oxygens (including phenoxy) is 1. The summed E-state index contributed by atoms with van der Waals surface area (Å²) in [6.45, 7) is 5.39. The van der Waals surface area contributed by atoms with Crippen LogP contribution >= 0.6 is 0 Å². The molecule has 0 radical (unpaired) electrons. The minimum absolute atomic E-state index is 0.153. The molecular weight excluding hydrogens is 364 g/mol. The molecule has 6 nitrogen and oxygen atoms in total. The maximum Gasteiger partial charge on any atom is 0.409 e. The standard InChI is InChI=1S/C23H34N4O2/c1-29-22(28)26-14-9-23(17-26)15-19(16-23)25-12-7-18(8-13-25)20-5-4-11-27(20)21-6-2-3-10-24-21/h2-3,6,10,18-20H,4-5,7-9,11-17H2,1H3/t19?,20-,23?/m0/s1. The molecule has 6 heteroatoms. The van der Waals surface area contributed by atoms with Crippen LogP contribution < -0.4 is 4.90 Å². The van der Waals surface area contributed by atoms with E-state index in [1.165, 1.54) is 58.7 Å². The van der Waals surface area contributed by atoms with Crippen molar-refractivity contribution in [2.45, 2.75) is 57.0 Å². The molecule has 1 atom stereocenters. The largest absolute Gasteiger partial charge is 0.453 e. The molecule has 29 heavy (non-hydrogen) atoms. The highest BCUT2D eigenvalue weighted by molar-refractivity contribution is 5.67. The highest BCUT2D eigenvalue weighted by Gasteiger charge is 2.51. The van der Waals surface area contributed by atoms with E-state index < -0.39 is 0 Å². The van der Waals surface area contributed by atoms with E-state index >= 15 is 0 Å². The van der Waals surface area contributed by atoms with Crippen LogP contribution in [-0.2, 0) is 4.74 Å². The average Bonchev–Trinajstić information content (AvgIpc) is 3.41. The lowest BCUT2D eigenvalue weighted by molar-refractivity contribution is -0.0106. The first-order valence-electron chi connectivity index (χ1n) is 11.4. The SMILES string of the molecule is COC(=O)N1CCC2(CC(N3CCC([C@@H]4CCCN4c4ccccn4)CC3)C2)C1. The van der Waals surface area contributed by atoms with Gasteiger partial charge in [-0.1, -0.05) is 6.07 Å². The van der Waals surface area contributed by atoms with E-state index in [2.05, 4.69) is 26.9 Å². The topological polar surface area (TPSA) is 48.9 Å². The first-order valence-corrected chi connectivity index (χ1v) is 11.4. The normalized spacial score (nSPS) is 33.3. The summed E-state index contributed by atoms with van der Waals surface area (Å²) in [6, 6.07) is 7.68. The molecule has 0 bridgehead atoms. The fourth-order valence-electron chi connectivity index (χ4n) is 6.51. The zero-order chi connectivity index (χ0) is 19.8. The summed E-state index contributed by atoms with van der Waals surface area (Å²) >= 11 is 0. The van der Waals surface area contributed by atoms with Crippen molar-refractivity contribution in [3.05, 3.63) is 24.4 Å². The number of anilines is 1. The number of piperidine rings is 1. The van der Waals surface area contributed by atoms with Crippen molar-refractivity contribution >= 4 is 11.9 Å². The van der Waals surface area contributed by atoms with E-state index in [-0.39, 0.29) is 6.09 Å². The fraction of sp³-hybridized carbons (Fsp3) is 0.739. The first kappa shape index (κ1) is 19.2. The minimum atomic E-state index is -0.153. The smallest absolute Gasteiger partial charge is 0.409 e. The Bertz CT molecular complexity index is 713. The summed E-state index contributed by atoms with van der Waals surface area (Å²) in [7, 11) is 1.49. The maximum atomic E-state index is 11.8. The number of nitrogens with zero attached hydrogens (tertiary/aromatic N) is 4. The number of aromatic nitrogens is 1. The van der Waals surface area contributed by atoms with Crippen LogP contribution in [0.1, 0.15) is 44.9 Å². The summed E-state index contributed by atoms with van der Waals surface area (Å²) in [6.07, 6.45) is 10.7. The van der Waals surface area contributed by atoms with Crippen molar-refractivity contribution < 1.29 is 9.53 Å². The van der Waals surface area contributed by atoms with E-state index in [4.69, 9.17) is 4.74 Å². The molecule has 1 aromatic rings. The number of rotatable bonds is 3. The second kappa shape index (κ2) is 7.78. The molecule has 1 amide bonds. The number of methoxy groups -OCH3 is 1. The summed E-state index contributed by atoms with van der Waals surface area (Å²) in [5.74, 6) is 1.96. The highest BCUT2D eigenvalue weighted by atomic mass is 16.5. The van der Waals surface area contributed by atoms with Gasteiger partial charge in [0.2, 0.25) is 0 Å². The predicted octanol–water partition coefficient (Wildman–Crippen LogP) is 3.38. The van der Waals surface area contributed by atoms with E-state index in [9.17, 15) is 4.79 Å². The van der Waals surface area contributed by atoms with Gasteiger partial charge < -0.3 is 19.4 Å². The summed E-state index contributed by atoms with van der Waals surface area (Å²) in [5.41, 5.74) is 0.372. The Balaban J connectivity index is 1.12. The van der Waals surface area contributed by atoms with Gasteiger partial charge in [0.25, 0.3) is 0 Å². The van der Waals surface area contributed by atoms with Crippen molar-refractivity contribution in [3.63, 3.8) is 0 Å². The van der Waals surface area contributed by atoms with Gasteiger partial charge in [-0.3, -0.25) is 0 Å². The molecule has 1 aromatic heterocycles. The van der Waals surface area contributed by atoms with Crippen molar-refractivity contribution in [2.75, 3.05) is 44.7 Å². The van der Waals surface area contributed by atoms with Crippen LogP contribution in [0.3, 0.4) is 0 Å². The van der Waals surface area contributed by atoms with E-state index in [1.807, 2.05) is 17.2 Å². The van der Waals surface area contributed by atoms with Gasteiger partial charge in [0.1, 0.15) is 5.82 Å². The van der Waals surface area contributed by atoms with Crippen LogP contribution in [0.4, 0.5) is 10.6 Å². The van der Waals surface area contributed by atoms with Crippen LogP contribution in [0.5, 0.6) is 0 Å². The Morgan fingerprint density at radius 2 is 1.97 bits per heavy atom. The lowest BCUT2D eigenvalue weighted by atomic mass is 9.64. The third kappa shape index (κ3) is 3.60. The maximum absolute atomic E-state index is 11.8. The number of likely N-dealkylation sites (tertiary alicyclic amines) is 2. The van der Waals surface area contributed by atoms with Gasteiger partial charge in [-0.25, -0.2) is 9.78 Å². The first-order chi connectivity index (χ1) is 14.2. The molecule has 1 aliphatic carbocycles. The average molecular weight is 399 g/mol. The molecule has 3 aliphatic heterocycles. The van der Waals surface area contributed by atoms with Crippen molar-refractivity contribution in [1.82, 2.24) is 14.8 Å². The number of pyridine rings is 1. The van der Waals surface area contributed by atoms with Crippen LogP contribution in [0.2, 0.25) is 0 Å². The van der Waals surface area contributed by atoms with Crippen LogP contribution in [0.15, 0.2) is 24.4 Å².